The molecule has 0 aromatic heterocycles. The molecule has 2 nitrogen and oxygen atoms in total. The van der Waals surface area contributed by atoms with Gasteiger partial charge in [-0.1, -0.05) is 0 Å². The highest BCUT2D eigenvalue weighted by Crippen LogP contribution is 2.33. The van der Waals surface area contributed by atoms with Crippen molar-refractivity contribution in [2.75, 3.05) is 19.6 Å². The smallest absolute Gasteiger partial charge is 0.0227 e. The van der Waals surface area contributed by atoms with Gasteiger partial charge in [-0.2, -0.15) is 0 Å². The molecule has 0 saturated carbocycles. The summed E-state index contributed by atoms with van der Waals surface area (Å²) in [6, 6.07) is 0.832. The second kappa shape index (κ2) is 2.46. The van der Waals surface area contributed by atoms with E-state index in [4.69, 9.17) is 0 Å². The largest absolute Gasteiger partial charge is 0.314 e. The van der Waals surface area contributed by atoms with Crippen LogP contribution in [0.1, 0.15) is 26.7 Å². The Morgan fingerprint density at radius 3 is 3.00 bits per heavy atom. The van der Waals surface area contributed by atoms with Gasteiger partial charge >= 0.3 is 0 Å². The van der Waals surface area contributed by atoms with Crippen LogP contribution in [-0.4, -0.2) is 36.1 Å². The predicted molar refractivity (Wildman–Crippen MR) is 46.7 cm³/mol. The molecule has 2 rings (SSSR count). The molecule has 0 aliphatic carbocycles. The maximum atomic E-state index is 3.45. The fourth-order valence-electron chi connectivity index (χ4n) is 2.48. The quantitative estimate of drug-likeness (QED) is 0.556. The summed E-state index contributed by atoms with van der Waals surface area (Å²) in [5, 5.41) is 3.45. The van der Waals surface area contributed by atoms with E-state index in [0.29, 0.717) is 5.54 Å². The average Bonchev–Trinajstić information content (AvgIpc) is 2.29. The topological polar surface area (TPSA) is 15.3 Å². The zero-order valence-corrected chi connectivity index (χ0v) is 7.56. The van der Waals surface area contributed by atoms with Crippen LogP contribution >= 0.6 is 0 Å². The predicted octanol–water partition coefficient (Wildman–Crippen LogP) is 0.833. The summed E-state index contributed by atoms with van der Waals surface area (Å²) < 4.78 is 0. The molecular weight excluding hydrogens is 136 g/mol. The summed E-state index contributed by atoms with van der Waals surface area (Å²) in [5.41, 5.74) is 0.479. The molecule has 1 N–H and O–H groups in total. The van der Waals surface area contributed by atoms with Gasteiger partial charge in [-0.25, -0.2) is 0 Å². The zero-order chi connectivity index (χ0) is 7.90. The highest BCUT2D eigenvalue weighted by molar-refractivity contribution is 4.97. The fraction of sp³-hybridized carbons (Fsp3) is 1.00. The molecular formula is C9H18N2. The van der Waals surface area contributed by atoms with Crippen LogP contribution in [0.3, 0.4) is 0 Å². The molecule has 2 heterocycles. The minimum absolute atomic E-state index is 0.479. The summed E-state index contributed by atoms with van der Waals surface area (Å²) >= 11 is 0. The average molecular weight is 154 g/mol. The maximum absolute atomic E-state index is 3.45. The minimum atomic E-state index is 0.479. The molecule has 2 aliphatic rings. The van der Waals surface area contributed by atoms with Crippen molar-refractivity contribution in [1.82, 2.24) is 10.2 Å². The summed E-state index contributed by atoms with van der Waals surface area (Å²) in [4.78, 5) is 2.67. The van der Waals surface area contributed by atoms with Crippen molar-refractivity contribution in [3.8, 4) is 0 Å². The van der Waals surface area contributed by atoms with E-state index in [9.17, 15) is 0 Å². The molecule has 0 aromatic carbocycles. The van der Waals surface area contributed by atoms with Crippen LogP contribution in [0.25, 0.3) is 0 Å². The molecule has 0 spiro atoms. The van der Waals surface area contributed by atoms with E-state index in [1.165, 1.54) is 32.5 Å². The van der Waals surface area contributed by atoms with Gasteiger partial charge < -0.3 is 5.32 Å². The summed E-state index contributed by atoms with van der Waals surface area (Å²) in [7, 11) is 0. The lowest BCUT2D eigenvalue weighted by atomic mass is 10.0. The molecule has 2 fully saturated rings. The Morgan fingerprint density at radius 2 is 2.27 bits per heavy atom. The maximum Gasteiger partial charge on any atom is 0.0227 e. The van der Waals surface area contributed by atoms with Crippen LogP contribution < -0.4 is 5.32 Å². The number of rotatable bonds is 0. The number of nitrogens with one attached hydrogen (secondary N) is 1. The first kappa shape index (κ1) is 7.56. The lowest BCUT2D eigenvalue weighted by Gasteiger charge is -2.39. The highest BCUT2D eigenvalue weighted by Gasteiger charge is 2.39. The Morgan fingerprint density at radius 1 is 1.45 bits per heavy atom. The van der Waals surface area contributed by atoms with E-state index >= 15 is 0 Å². The summed E-state index contributed by atoms with van der Waals surface area (Å²) in [5.74, 6) is 0. The molecule has 0 amide bonds. The van der Waals surface area contributed by atoms with Crippen LogP contribution in [0.15, 0.2) is 0 Å². The van der Waals surface area contributed by atoms with Gasteiger partial charge in [-0.3, -0.25) is 4.90 Å². The van der Waals surface area contributed by atoms with Crippen molar-refractivity contribution in [3.63, 3.8) is 0 Å². The number of hydrogen-bond donors (Lipinski definition) is 1. The van der Waals surface area contributed by atoms with Gasteiger partial charge in [0.15, 0.2) is 0 Å². The van der Waals surface area contributed by atoms with E-state index in [1.54, 1.807) is 0 Å². The Hall–Kier alpha value is -0.0800. The highest BCUT2D eigenvalue weighted by atomic mass is 15.3. The van der Waals surface area contributed by atoms with Crippen LogP contribution in [0.2, 0.25) is 0 Å². The Labute approximate surface area is 69.0 Å². The molecule has 0 radical (unpaired) electrons. The molecule has 2 aliphatic heterocycles. The lowest BCUT2D eigenvalue weighted by molar-refractivity contribution is 0.107. The first-order valence-corrected chi connectivity index (χ1v) is 4.68. The van der Waals surface area contributed by atoms with Crippen molar-refractivity contribution in [2.45, 2.75) is 38.3 Å². The fourth-order valence-corrected chi connectivity index (χ4v) is 2.48. The second-order valence-electron chi connectivity index (χ2n) is 4.40. The van der Waals surface area contributed by atoms with Crippen molar-refractivity contribution >= 4 is 0 Å². The Bertz CT molecular complexity index is 154. The van der Waals surface area contributed by atoms with E-state index in [-0.39, 0.29) is 0 Å². The van der Waals surface area contributed by atoms with Gasteiger partial charge in [0.2, 0.25) is 0 Å². The van der Waals surface area contributed by atoms with Crippen LogP contribution in [-0.2, 0) is 0 Å². The Balaban J connectivity index is 2.10. The van der Waals surface area contributed by atoms with Gasteiger partial charge in [-0.05, 0) is 26.7 Å². The van der Waals surface area contributed by atoms with Crippen molar-refractivity contribution in [2.24, 2.45) is 0 Å². The first-order valence-electron chi connectivity index (χ1n) is 4.68. The molecule has 11 heavy (non-hydrogen) atoms. The van der Waals surface area contributed by atoms with Gasteiger partial charge in [0.25, 0.3) is 0 Å². The first-order chi connectivity index (χ1) is 5.20. The van der Waals surface area contributed by atoms with Gasteiger partial charge in [0.1, 0.15) is 0 Å². The third-order valence-corrected chi connectivity index (χ3v) is 3.22. The van der Waals surface area contributed by atoms with Gasteiger partial charge in [-0.15, -0.1) is 0 Å². The second-order valence-corrected chi connectivity index (χ2v) is 4.40. The van der Waals surface area contributed by atoms with Crippen LogP contribution in [0.5, 0.6) is 0 Å². The Kier molecular flexibility index (Phi) is 1.69. The van der Waals surface area contributed by atoms with Crippen molar-refractivity contribution in [1.29, 1.82) is 0 Å². The lowest BCUT2D eigenvalue weighted by Crippen LogP contribution is -2.53. The third kappa shape index (κ3) is 1.18. The third-order valence-electron chi connectivity index (χ3n) is 3.22. The summed E-state index contributed by atoms with van der Waals surface area (Å²) in [6.45, 7) is 8.39. The number of hydrogen-bond acceptors (Lipinski definition) is 2. The van der Waals surface area contributed by atoms with E-state index in [1.807, 2.05) is 0 Å². The zero-order valence-electron chi connectivity index (χ0n) is 7.56. The number of fused-ring (bicyclic) bond motifs is 1. The monoisotopic (exact) mass is 154 g/mol. The molecule has 1 atom stereocenters. The van der Waals surface area contributed by atoms with Gasteiger partial charge in [0.05, 0.1) is 0 Å². The van der Waals surface area contributed by atoms with Crippen LogP contribution in [0.4, 0.5) is 0 Å². The molecule has 0 aromatic rings. The minimum Gasteiger partial charge on any atom is -0.314 e. The number of nitrogens with zero attached hydrogens (tertiary/aromatic N) is 1. The van der Waals surface area contributed by atoms with E-state index in [2.05, 4.69) is 24.1 Å². The summed E-state index contributed by atoms with van der Waals surface area (Å²) in [6.07, 6.45) is 2.76. The van der Waals surface area contributed by atoms with Gasteiger partial charge in [0, 0.05) is 31.2 Å². The van der Waals surface area contributed by atoms with Crippen LogP contribution in [0, 0.1) is 0 Å². The molecule has 2 saturated heterocycles. The van der Waals surface area contributed by atoms with E-state index < -0.39 is 0 Å². The normalized spacial score (nSPS) is 37.1. The molecule has 64 valence electrons. The van der Waals surface area contributed by atoms with Crippen molar-refractivity contribution < 1.29 is 0 Å². The van der Waals surface area contributed by atoms with E-state index in [0.717, 1.165) is 6.04 Å². The molecule has 0 bridgehead atoms. The molecule has 0 unspecified atom stereocenters. The molecule has 2 heteroatoms. The SMILES string of the molecule is CC1(C)CC[C@H]2CNCCN21. The standard InChI is InChI=1S/C9H18N2/c1-9(2)4-3-8-7-10-5-6-11(8)9/h8,10H,3-7H2,1-2H3/t8-/m0/s1. The number of piperazine rings is 1. The van der Waals surface area contributed by atoms with Crippen molar-refractivity contribution in [3.05, 3.63) is 0 Å².